The van der Waals surface area contributed by atoms with E-state index in [1.165, 1.54) is 16.5 Å². The zero-order chi connectivity index (χ0) is 11.3. The minimum atomic E-state index is 0.0420. The topological polar surface area (TPSA) is 25.2 Å². The number of hydrogen-bond acceptors (Lipinski definition) is 1. The summed E-state index contributed by atoms with van der Waals surface area (Å²) in [5, 5.41) is 10.8. The van der Waals surface area contributed by atoms with Gasteiger partial charge in [0.25, 0.3) is 0 Å². The Morgan fingerprint density at radius 1 is 1.44 bits per heavy atom. The second-order valence-electron chi connectivity index (χ2n) is 4.75. The van der Waals surface area contributed by atoms with Crippen LogP contribution in [0.4, 0.5) is 0 Å². The van der Waals surface area contributed by atoms with E-state index < -0.39 is 0 Å². The Bertz CT molecular complexity index is 554. The molecule has 2 nitrogen and oxygen atoms in total. The van der Waals surface area contributed by atoms with Crippen LogP contribution in [0, 0.1) is 0 Å². The van der Waals surface area contributed by atoms with Gasteiger partial charge in [-0.25, -0.2) is 0 Å². The van der Waals surface area contributed by atoms with E-state index in [9.17, 15) is 5.11 Å². The molecule has 1 aromatic heterocycles. The monoisotopic (exact) mass is 279 g/mol. The molecule has 16 heavy (non-hydrogen) atoms. The van der Waals surface area contributed by atoms with Gasteiger partial charge in [-0.3, -0.25) is 0 Å². The van der Waals surface area contributed by atoms with Crippen molar-refractivity contribution in [3.05, 3.63) is 34.4 Å². The maximum Gasteiger partial charge on any atom is 0.0528 e. The standard InChI is InChI=1S/C13H14BrNO/c1-15-7-11(13(8-16)4-5-13)10-6-9(14)2-3-12(10)15/h2-3,6-7,16H,4-5,8H2,1H3. The van der Waals surface area contributed by atoms with E-state index in [4.69, 9.17) is 0 Å². The maximum atomic E-state index is 9.53. The van der Waals surface area contributed by atoms with Gasteiger partial charge in [0, 0.05) is 34.0 Å². The molecule has 1 heterocycles. The van der Waals surface area contributed by atoms with Crippen molar-refractivity contribution < 1.29 is 5.11 Å². The van der Waals surface area contributed by atoms with E-state index >= 15 is 0 Å². The van der Waals surface area contributed by atoms with Gasteiger partial charge >= 0.3 is 0 Å². The first-order chi connectivity index (χ1) is 7.66. The van der Waals surface area contributed by atoms with Crippen LogP contribution in [0.2, 0.25) is 0 Å². The average molecular weight is 280 g/mol. The molecule has 1 aromatic carbocycles. The quantitative estimate of drug-likeness (QED) is 0.899. The molecule has 1 saturated carbocycles. The van der Waals surface area contributed by atoms with Crippen LogP contribution in [0.15, 0.2) is 28.9 Å². The van der Waals surface area contributed by atoms with E-state index in [1.807, 2.05) is 0 Å². The molecule has 0 saturated heterocycles. The summed E-state index contributed by atoms with van der Waals surface area (Å²) in [6, 6.07) is 6.33. The van der Waals surface area contributed by atoms with Crippen LogP contribution < -0.4 is 0 Å². The summed E-state index contributed by atoms with van der Waals surface area (Å²) in [7, 11) is 2.06. The molecule has 0 amide bonds. The van der Waals surface area contributed by atoms with Crippen LogP contribution in [-0.4, -0.2) is 16.3 Å². The van der Waals surface area contributed by atoms with Crippen molar-refractivity contribution in [3.63, 3.8) is 0 Å². The molecule has 3 heteroatoms. The zero-order valence-electron chi connectivity index (χ0n) is 9.20. The lowest BCUT2D eigenvalue weighted by Gasteiger charge is -2.09. The summed E-state index contributed by atoms with van der Waals surface area (Å²) in [6.45, 7) is 0.263. The molecule has 0 atom stereocenters. The van der Waals surface area contributed by atoms with E-state index in [0.29, 0.717) is 0 Å². The van der Waals surface area contributed by atoms with E-state index in [2.05, 4.69) is 51.9 Å². The van der Waals surface area contributed by atoms with Crippen molar-refractivity contribution in [1.29, 1.82) is 0 Å². The zero-order valence-corrected chi connectivity index (χ0v) is 10.8. The Morgan fingerprint density at radius 3 is 2.81 bits per heavy atom. The molecule has 0 spiro atoms. The molecule has 0 unspecified atom stereocenters. The van der Waals surface area contributed by atoms with Crippen LogP contribution in [0.1, 0.15) is 18.4 Å². The second kappa shape index (κ2) is 3.34. The molecule has 1 fully saturated rings. The third kappa shape index (κ3) is 1.35. The Hall–Kier alpha value is -0.800. The highest BCUT2D eigenvalue weighted by Crippen LogP contribution is 2.50. The summed E-state index contributed by atoms with van der Waals surface area (Å²) in [6.07, 6.45) is 4.38. The van der Waals surface area contributed by atoms with Crippen LogP contribution in [-0.2, 0) is 12.5 Å². The predicted molar refractivity (Wildman–Crippen MR) is 68.6 cm³/mol. The summed E-state index contributed by atoms with van der Waals surface area (Å²) in [4.78, 5) is 0. The fraction of sp³-hybridized carbons (Fsp3) is 0.385. The van der Waals surface area contributed by atoms with Crippen LogP contribution >= 0.6 is 15.9 Å². The lowest BCUT2D eigenvalue weighted by atomic mass is 9.97. The van der Waals surface area contributed by atoms with Gasteiger partial charge in [0.05, 0.1) is 6.61 Å². The summed E-state index contributed by atoms with van der Waals surface area (Å²) >= 11 is 3.51. The summed E-state index contributed by atoms with van der Waals surface area (Å²) in [5.41, 5.74) is 2.58. The second-order valence-corrected chi connectivity index (χ2v) is 5.67. The number of fused-ring (bicyclic) bond motifs is 1. The van der Waals surface area contributed by atoms with Crippen molar-refractivity contribution in [3.8, 4) is 0 Å². The average Bonchev–Trinajstić information content (AvgIpc) is 3.00. The van der Waals surface area contributed by atoms with E-state index in [-0.39, 0.29) is 12.0 Å². The predicted octanol–water partition coefficient (Wildman–Crippen LogP) is 2.96. The third-order valence-corrected chi connectivity index (χ3v) is 4.17. The number of hydrogen-bond donors (Lipinski definition) is 1. The summed E-state index contributed by atoms with van der Waals surface area (Å²) in [5.74, 6) is 0. The first-order valence-corrected chi connectivity index (χ1v) is 6.31. The summed E-state index contributed by atoms with van der Waals surface area (Å²) < 4.78 is 3.24. The molecule has 2 aromatic rings. The third-order valence-electron chi connectivity index (χ3n) is 3.68. The number of aromatic nitrogens is 1. The van der Waals surface area contributed by atoms with Crippen LogP contribution in [0.25, 0.3) is 10.9 Å². The van der Waals surface area contributed by atoms with Crippen molar-refractivity contribution in [2.45, 2.75) is 18.3 Å². The fourth-order valence-corrected chi connectivity index (χ4v) is 2.81. The van der Waals surface area contributed by atoms with Gasteiger partial charge in [0.2, 0.25) is 0 Å². The normalized spacial score (nSPS) is 17.9. The fourth-order valence-electron chi connectivity index (χ4n) is 2.45. The van der Waals surface area contributed by atoms with Crippen molar-refractivity contribution >= 4 is 26.8 Å². The van der Waals surface area contributed by atoms with Gasteiger partial charge in [0.15, 0.2) is 0 Å². The highest BCUT2D eigenvalue weighted by Gasteiger charge is 2.45. The molecule has 1 aliphatic rings. The molecule has 0 radical (unpaired) electrons. The minimum absolute atomic E-state index is 0.0420. The van der Waals surface area contributed by atoms with Gasteiger partial charge in [-0.1, -0.05) is 15.9 Å². The maximum absolute atomic E-state index is 9.53. The number of aliphatic hydroxyl groups is 1. The number of halogens is 1. The molecule has 84 valence electrons. The van der Waals surface area contributed by atoms with E-state index in [0.717, 1.165) is 17.3 Å². The van der Waals surface area contributed by atoms with Crippen molar-refractivity contribution in [2.24, 2.45) is 7.05 Å². The van der Waals surface area contributed by atoms with E-state index in [1.54, 1.807) is 0 Å². The number of rotatable bonds is 2. The Balaban J connectivity index is 2.29. The van der Waals surface area contributed by atoms with Gasteiger partial charge in [-0.15, -0.1) is 0 Å². The number of benzene rings is 1. The number of aliphatic hydroxyl groups excluding tert-OH is 1. The van der Waals surface area contributed by atoms with Crippen LogP contribution in [0.5, 0.6) is 0 Å². The van der Waals surface area contributed by atoms with Crippen molar-refractivity contribution in [1.82, 2.24) is 4.57 Å². The SMILES string of the molecule is Cn1cc(C2(CO)CC2)c2cc(Br)ccc21. The molecular formula is C13H14BrNO. The van der Waals surface area contributed by atoms with Crippen molar-refractivity contribution in [2.75, 3.05) is 6.61 Å². The lowest BCUT2D eigenvalue weighted by molar-refractivity contribution is 0.255. The Labute approximate surface area is 103 Å². The first-order valence-electron chi connectivity index (χ1n) is 5.52. The molecular weight excluding hydrogens is 266 g/mol. The van der Waals surface area contributed by atoms with Gasteiger partial charge in [-0.2, -0.15) is 0 Å². The van der Waals surface area contributed by atoms with Gasteiger partial charge < -0.3 is 9.67 Å². The van der Waals surface area contributed by atoms with Gasteiger partial charge in [-0.05, 0) is 36.6 Å². The smallest absolute Gasteiger partial charge is 0.0528 e. The Kier molecular flexibility index (Phi) is 2.17. The number of nitrogens with zero attached hydrogens (tertiary/aromatic N) is 1. The molecule has 1 N–H and O–H groups in total. The number of aryl methyl sites for hydroxylation is 1. The molecule has 1 aliphatic carbocycles. The Morgan fingerprint density at radius 2 is 2.19 bits per heavy atom. The highest BCUT2D eigenvalue weighted by molar-refractivity contribution is 9.10. The molecule has 0 bridgehead atoms. The lowest BCUT2D eigenvalue weighted by Crippen LogP contribution is -2.11. The largest absolute Gasteiger partial charge is 0.395 e. The molecule has 3 rings (SSSR count). The van der Waals surface area contributed by atoms with Gasteiger partial charge in [0.1, 0.15) is 0 Å². The van der Waals surface area contributed by atoms with Crippen LogP contribution in [0.3, 0.4) is 0 Å². The minimum Gasteiger partial charge on any atom is -0.395 e. The first kappa shape index (κ1) is 10.4. The molecule has 0 aliphatic heterocycles. The highest BCUT2D eigenvalue weighted by atomic mass is 79.9.